The van der Waals surface area contributed by atoms with Gasteiger partial charge >= 0.3 is 5.97 Å². The van der Waals surface area contributed by atoms with Gasteiger partial charge in [0.1, 0.15) is 0 Å². The molecule has 2 aromatic carbocycles. The molecule has 1 amide bonds. The van der Waals surface area contributed by atoms with Crippen LogP contribution in [0.25, 0.3) is 10.9 Å². The molecule has 0 atom stereocenters. The summed E-state index contributed by atoms with van der Waals surface area (Å²) in [7, 11) is 0. The minimum Gasteiger partial charge on any atom is -0.452 e. The Bertz CT molecular complexity index is 1040. The Morgan fingerprint density at radius 2 is 1.73 bits per heavy atom. The Hall–Kier alpha value is -2.83. The van der Waals surface area contributed by atoms with Crippen molar-refractivity contribution >= 4 is 51.7 Å². The quantitative estimate of drug-likeness (QED) is 0.665. The van der Waals surface area contributed by atoms with Gasteiger partial charge in [-0.3, -0.25) is 9.59 Å². The molecule has 8 heteroatoms. The van der Waals surface area contributed by atoms with Crippen LogP contribution in [-0.2, 0) is 9.53 Å². The number of pyridine rings is 1. The van der Waals surface area contributed by atoms with Gasteiger partial charge in [0.25, 0.3) is 5.91 Å². The third-order valence-corrected chi connectivity index (χ3v) is 4.16. The van der Waals surface area contributed by atoms with E-state index in [-0.39, 0.29) is 21.3 Å². The van der Waals surface area contributed by atoms with E-state index in [1.54, 1.807) is 42.5 Å². The summed E-state index contributed by atoms with van der Waals surface area (Å²) in [6.07, 6.45) is 0. The number of aromatic nitrogens is 1. The molecule has 2 N–H and O–H groups in total. The number of para-hydroxylation sites is 2. The Labute approximate surface area is 157 Å². The maximum absolute atomic E-state index is 12.3. The van der Waals surface area contributed by atoms with Gasteiger partial charge in [-0.15, -0.1) is 0 Å². The van der Waals surface area contributed by atoms with Gasteiger partial charge in [0, 0.05) is 17.0 Å². The Morgan fingerprint density at radius 3 is 2.46 bits per heavy atom. The molecule has 0 saturated carbocycles. The zero-order chi connectivity index (χ0) is 18.7. The second-order valence-corrected chi connectivity index (χ2v) is 6.13. The van der Waals surface area contributed by atoms with E-state index in [4.69, 9.17) is 27.9 Å². The zero-order valence-corrected chi connectivity index (χ0v) is 14.7. The summed E-state index contributed by atoms with van der Waals surface area (Å²) in [6, 6.07) is 12.7. The van der Waals surface area contributed by atoms with Gasteiger partial charge < -0.3 is 15.0 Å². The molecule has 0 unspecified atom stereocenters. The van der Waals surface area contributed by atoms with E-state index in [1.807, 2.05) is 0 Å². The molecule has 0 aliphatic heterocycles. The number of rotatable bonds is 4. The van der Waals surface area contributed by atoms with Crippen LogP contribution in [0.15, 0.2) is 53.3 Å². The van der Waals surface area contributed by atoms with E-state index in [0.29, 0.717) is 10.9 Å². The molecule has 0 fully saturated rings. The van der Waals surface area contributed by atoms with Gasteiger partial charge in [-0.05, 0) is 18.2 Å². The fraction of sp³-hybridized carbons (Fsp3) is 0.0556. The number of carbonyl (C=O) groups excluding carboxylic acids is 2. The number of hydrogen-bond acceptors (Lipinski definition) is 4. The van der Waals surface area contributed by atoms with Crippen molar-refractivity contribution in [3.05, 3.63) is 74.5 Å². The lowest BCUT2D eigenvalue weighted by Gasteiger charge is -2.10. The van der Waals surface area contributed by atoms with Gasteiger partial charge in [-0.1, -0.05) is 47.5 Å². The Morgan fingerprint density at radius 1 is 1.04 bits per heavy atom. The number of carbonyl (C=O) groups is 2. The largest absolute Gasteiger partial charge is 0.452 e. The molecule has 0 aliphatic carbocycles. The summed E-state index contributed by atoms with van der Waals surface area (Å²) in [4.78, 5) is 38.6. The molecule has 0 saturated heterocycles. The van der Waals surface area contributed by atoms with E-state index >= 15 is 0 Å². The van der Waals surface area contributed by atoms with Gasteiger partial charge in [-0.25, -0.2) is 4.79 Å². The van der Waals surface area contributed by atoms with Gasteiger partial charge in [0.15, 0.2) is 6.61 Å². The number of anilines is 1. The molecule has 0 spiro atoms. The number of nitrogens with one attached hydrogen (secondary N) is 2. The fourth-order valence-corrected chi connectivity index (χ4v) is 2.87. The lowest BCUT2D eigenvalue weighted by molar-refractivity contribution is -0.119. The van der Waals surface area contributed by atoms with Crippen LogP contribution in [0.4, 0.5) is 5.69 Å². The number of benzene rings is 2. The predicted molar refractivity (Wildman–Crippen MR) is 99.9 cm³/mol. The number of hydrogen-bond donors (Lipinski definition) is 2. The van der Waals surface area contributed by atoms with E-state index in [2.05, 4.69) is 10.3 Å². The van der Waals surface area contributed by atoms with E-state index in [1.165, 1.54) is 0 Å². The molecule has 1 aromatic heterocycles. The van der Waals surface area contributed by atoms with Gasteiger partial charge in [0.2, 0.25) is 5.56 Å². The minimum absolute atomic E-state index is 0.0768. The summed E-state index contributed by atoms with van der Waals surface area (Å²) < 4.78 is 5.02. The summed E-state index contributed by atoms with van der Waals surface area (Å²) >= 11 is 11.9. The maximum Gasteiger partial charge on any atom is 0.339 e. The lowest BCUT2D eigenvalue weighted by Crippen LogP contribution is -2.22. The van der Waals surface area contributed by atoms with Crippen molar-refractivity contribution in [2.45, 2.75) is 0 Å². The molecule has 0 bridgehead atoms. The summed E-state index contributed by atoms with van der Waals surface area (Å²) in [5.74, 6) is -1.39. The van der Waals surface area contributed by atoms with Crippen molar-refractivity contribution in [3.8, 4) is 0 Å². The number of amides is 1. The molecule has 0 aliphatic rings. The van der Waals surface area contributed by atoms with Crippen LogP contribution in [0.1, 0.15) is 10.4 Å². The van der Waals surface area contributed by atoms with Crippen molar-refractivity contribution in [1.82, 2.24) is 4.98 Å². The monoisotopic (exact) mass is 390 g/mol. The average molecular weight is 391 g/mol. The molecule has 6 nitrogen and oxygen atoms in total. The highest BCUT2D eigenvalue weighted by molar-refractivity contribution is 6.39. The van der Waals surface area contributed by atoms with Crippen molar-refractivity contribution in [3.63, 3.8) is 0 Å². The van der Waals surface area contributed by atoms with E-state index < -0.39 is 24.0 Å². The lowest BCUT2D eigenvalue weighted by atomic mass is 10.1. The number of esters is 1. The first kappa shape index (κ1) is 18.0. The smallest absolute Gasteiger partial charge is 0.339 e. The first-order chi connectivity index (χ1) is 12.5. The first-order valence-electron chi connectivity index (χ1n) is 7.49. The average Bonchev–Trinajstić information content (AvgIpc) is 2.62. The van der Waals surface area contributed by atoms with Crippen LogP contribution in [-0.4, -0.2) is 23.5 Å². The summed E-state index contributed by atoms with van der Waals surface area (Å²) in [5.41, 5.74) is 0.369. The normalized spacial score (nSPS) is 10.5. The molecular weight excluding hydrogens is 379 g/mol. The third-order valence-electron chi connectivity index (χ3n) is 3.53. The van der Waals surface area contributed by atoms with E-state index in [0.717, 1.165) is 6.07 Å². The number of halogens is 2. The SMILES string of the molecule is O=C(COC(=O)c1cc(=O)[nH]c2ccccc12)Nc1c(Cl)cccc1Cl. The number of aromatic amines is 1. The van der Waals surface area contributed by atoms with Gasteiger partial charge in [0.05, 0.1) is 21.3 Å². The number of ether oxygens (including phenoxy) is 1. The predicted octanol–water partition coefficient (Wildman–Crippen LogP) is 3.63. The molecule has 26 heavy (non-hydrogen) atoms. The zero-order valence-electron chi connectivity index (χ0n) is 13.2. The Kier molecular flexibility index (Phi) is 5.25. The van der Waals surface area contributed by atoms with Crippen LogP contribution in [0.2, 0.25) is 10.0 Å². The van der Waals surface area contributed by atoms with Crippen LogP contribution in [0.3, 0.4) is 0 Å². The molecular formula is C18H12Cl2N2O4. The second-order valence-electron chi connectivity index (χ2n) is 5.31. The second kappa shape index (κ2) is 7.59. The van der Waals surface area contributed by atoms with Crippen molar-refractivity contribution in [2.75, 3.05) is 11.9 Å². The summed E-state index contributed by atoms with van der Waals surface area (Å²) in [6.45, 7) is -0.554. The third kappa shape index (κ3) is 3.87. The van der Waals surface area contributed by atoms with Crippen molar-refractivity contribution in [1.29, 1.82) is 0 Å². The van der Waals surface area contributed by atoms with Gasteiger partial charge in [-0.2, -0.15) is 0 Å². The van der Waals surface area contributed by atoms with Crippen molar-refractivity contribution in [2.24, 2.45) is 0 Å². The molecule has 3 rings (SSSR count). The van der Waals surface area contributed by atoms with E-state index in [9.17, 15) is 14.4 Å². The van der Waals surface area contributed by atoms with Crippen molar-refractivity contribution < 1.29 is 14.3 Å². The van der Waals surface area contributed by atoms with Crippen LogP contribution in [0.5, 0.6) is 0 Å². The highest BCUT2D eigenvalue weighted by Crippen LogP contribution is 2.29. The fourth-order valence-electron chi connectivity index (χ4n) is 2.38. The maximum atomic E-state index is 12.3. The number of fused-ring (bicyclic) bond motifs is 1. The molecule has 132 valence electrons. The van der Waals surface area contributed by atoms with Crippen LogP contribution >= 0.6 is 23.2 Å². The first-order valence-corrected chi connectivity index (χ1v) is 8.24. The summed E-state index contributed by atoms with van der Waals surface area (Å²) in [5, 5.41) is 3.53. The highest BCUT2D eigenvalue weighted by Gasteiger charge is 2.16. The minimum atomic E-state index is -0.785. The standard InChI is InChI=1S/C18H12Cl2N2O4/c19-12-5-3-6-13(20)17(12)22-16(24)9-26-18(25)11-8-15(23)21-14-7-2-1-4-10(11)14/h1-8H,9H2,(H,21,23)(H,22,24). The molecule has 0 radical (unpaired) electrons. The molecule has 3 aromatic rings. The highest BCUT2D eigenvalue weighted by atomic mass is 35.5. The molecule has 1 heterocycles. The Balaban J connectivity index is 1.73. The number of H-pyrrole nitrogens is 1. The topological polar surface area (TPSA) is 88.3 Å². The van der Waals surface area contributed by atoms with Crippen LogP contribution < -0.4 is 10.9 Å². The van der Waals surface area contributed by atoms with Crippen LogP contribution in [0, 0.1) is 0 Å².